The number of carbonyl (C=O) groups excluding carboxylic acids is 1. The van der Waals surface area contributed by atoms with Crippen LogP contribution in [0.5, 0.6) is 0 Å². The van der Waals surface area contributed by atoms with Gasteiger partial charge in [0, 0.05) is 6.54 Å². The first kappa shape index (κ1) is 14.5. The van der Waals surface area contributed by atoms with Crippen LogP contribution in [0.3, 0.4) is 0 Å². The smallest absolute Gasteiger partial charge is 0.240 e. The fraction of sp³-hybridized carbons (Fsp3) is 0.923. The number of carbonyl (C=O) groups is 1. The van der Waals surface area contributed by atoms with Gasteiger partial charge in [0.25, 0.3) is 0 Å². The van der Waals surface area contributed by atoms with Crippen LogP contribution in [0.15, 0.2) is 0 Å². The van der Waals surface area contributed by atoms with Gasteiger partial charge in [0.1, 0.15) is 0 Å². The molecule has 0 aromatic carbocycles. The lowest BCUT2D eigenvalue weighted by Gasteiger charge is -2.31. The molecule has 4 nitrogen and oxygen atoms in total. The number of hydrogen-bond acceptors (Lipinski definition) is 3. The molecule has 0 spiro atoms. The Hall–Kier alpha value is -0.610. The van der Waals surface area contributed by atoms with E-state index in [1.807, 2.05) is 13.8 Å². The Bertz CT molecular complexity index is 243. The van der Waals surface area contributed by atoms with Crippen molar-refractivity contribution < 1.29 is 4.79 Å². The lowest BCUT2D eigenvalue weighted by molar-refractivity contribution is -0.126. The van der Waals surface area contributed by atoms with Crippen molar-refractivity contribution in [1.82, 2.24) is 10.2 Å². The van der Waals surface area contributed by atoms with Crippen molar-refractivity contribution in [2.24, 2.45) is 11.7 Å². The van der Waals surface area contributed by atoms with Crippen LogP contribution in [-0.4, -0.2) is 43.0 Å². The van der Waals surface area contributed by atoms with Gasteiger partial charge in [-0.25, -0.2) is 0 Å². The molecule has 3 N–H and O–H groups in total. The predicted molar refractivity (Wildman–Crippen MR) is 70.7 cm³/mol. The van der Waals surface area contributed by atoms with Crippen molar-refractivity contribution in [3.05, 3.63) is 0 Å². The summed E-state index contributed by atoms with van der Waals surface area (Å²) in [5, 5.41) is 3.03. The van der Waals surface area contributed by atoms with Gasteiger partial charge in [-0.05, 0) is 51.7 Å². The summed E-state index contributed by atoms with van der Waals surface area (Å²) in [7, 11) is 2.15. The van der Waals surface area contributed by atoms with E-state index in [9.17, 15) is 4.79 Å². The fourth-order valence-electron chi connectivity index (χ4n) is 2.25. The highest BCUT2D eigenvalue weighted by atomic mass is 16.2. The van der Waals surface area contributed by atoms with E-state index in [4.69, 9.17) is 5.73 Å². The zero-order valence-corrected chi connectivity index (χ0v) is 11.5. The molecule has 0 aromatic rings. The third-order valence-electron chi connectivity index (χ3n) is 4.10. The molecule has 0 saturated carbocycles. The average molecular weight is 241 g/mol. The van der Waals surface area contributed by atoms with Gasteiger partial charge in [0.2, 0.25) is 5.91 Å². The Morgan fingerprint density at radius 3 is 2.35 bits per heavy atom. The van der Waals surface area contributed by atoms with E-state index < -0.39 is 5.54 Å². The van der Waals surface area contributed by atoms with Gasteiger partial charge in [0.05, 0.1) is 5.54 Å². The van der Waals surface area contributed by atoms with Gasteiger partial charge >= 0.3 is 0 Å². The highest BCUT2D eigenvalue weighted by Gasteiger charge is 2.30. The zero-order valence-electron chi connectivity index (χ0n) is 11.5. The minimum absolute atomic E-state index is 0.0152. The minimum atomic E-state index is -0.675. The zero-order chi connectivity index (χ0) is 12.9. The van der Waals surface area contributed by atoms with E-state index in [1.165, 1.54) is 12.8 Å². The van der Waals surface area contributed by atoms with Crippen LogP contribution in [0.25, 0.3) is 0 Å². The number of hydrogen-bond donors (Lipinski definition) is 2. The molecule has 0 aliphatic carbocycles. The van der Waals surface area contributed by atoms with Crippen LogP contribution in [-0.2, 0) is 4.79 Å². The SMILES string of the molecule is CCC(N)(CC)C(=O)NCC1CCN(C)CC1. The number of nitrogens with two attached hydrogens (primary N) is 1. The van der Waals surface area contributed by atoms with E-state index in [2.05, 4.69) is 17.3 Å². The van der Waals surface area contributed by atoms with Crippen molar-refractivity contribution in [3.63, 3.8) is 0 Å². The molecule has 100 valence electrons. The molecule has 1 saturated heterocycles. The van der Waals surface area contributed by atoms with E-state index >= 15 is 0 Å². The summed E-state index contributed by atoms with van der Waals surface area (Å²) in [6.07, 6.45) is 3.74. The molecule has 1 aliphatic heterocycles. The molecule has 0 bridgehead atoms. The van der Waals surface area contributed by atoms with Gasteiger partial charge in [0.15, 0.2) is 0 Å². The summed E-state index contributed by atoms with van der Waals surface area (Å²) in [5.74, 6) is 0.634. The average Bonchev–Trinajstić information content (AvgIpc) is 2.36. The Balaban J connectivity index is 2.33. The van der Waals surface area contributed by atoms with Crippen LogP contribution >= 0.6 is 0 Å². The van der Waals surface area contributed by atoms with E-state index in [-0.39, 0.29) is 5.91 Å². The van der Waals surface area contributed by atoms with Crippen molar-refractivity contribution in [2.45, 2.75) is 45.1 Å². The predicted octanol–water partition coefficient (Wildman–Crippen LogP) is 0.962. The molecular weight excluding hydrogens is 214 g/mol. The first-order chi connectivity index (χ1) is 8.01. The van der Waals surface area contributed by atoms with E-state index in [0.29, 0.717) is 18.8 Å². The second kappa shape index (κ2) is 6.36. The first-order valence-electron chi connectivity index (χ1n) is 6.77. The van der Waals surface area contributed by atoms with Gasteiger partial charge in [-0.2, -0.15) is 0 Å². The molecule has 0 aromatic heterocycles. The highest BCUT2D eigenvalue weighted by Crippen LogP contribution is 2.16. The summed E-state index contributed by atoms with van der Waals surface area (Å²) in [4.78, 5) is 14.3. The Kier molecular flexibility index (Phi) is 5.40. The largest absolute Gasteiger partial charge is 0.354 e. The second-order valence-electron chi connectivity index (χ2n) is 5.32. The molecule has 1 aliphatic rings. The normalized spacial score (nSPS) is 19.3. The fourth-order valence-corrected chi connectivity index (χ4v) is 2.25. The molecule has 4 heteroatoms. The number of nitrogens with zero attached hydrogens (tertiary/aromatic N) is 1. The van der Waals surface area contributed by atoms with Crippen LogP contribution < -0.4 is 11.1 Å². The van der Waals surface area contributed by atoms with Crippen molar-refractivity contribution in [2.75, 3.05) is 26.7 Å². The maximum Gasteiger partial charge on any atom is 0.240 e. The minimum Gasteiger partial charge on any atom is -0.354 e. The summed E-state index contributed by atoms with van der Waals surface area (Å²) >= 11 is 0. The number of nitrogens with one attached hydrogen (secondary N) is 1. The van der Waals surface area contributed by atoms with Gasteiger partial charge in [-0.3, -0.25) is 4.79 Å². The van der Waals surface area contributed by atoms with Crippen molar-refractivity contribution in [1.29, 1.82) is 0 Å². The van der Waals surface area contributed by atoms with Gasteiger partial charge in [-0.1, -0.05) is 13.8 Å². The Morgan fingerprint density at radius 1 is 1.35 bits per heavy atom. The standard InChI is InChI=1S/C13H27N3O/c1-4-13(14,5-2)12(17)15-10-11-6-8-16(3)9-7-11/h11H,4-10,14H2,1-3H3,(H,15,17). The quantitative estimate of drug-likeness (QED) is 0.754. The van der Waals surface area contributed by atoms with E-state index in [1.54, 1.807) is 0 Å². The summed E-state index contributed by atoms with van der Waals surface area (Å²) in [6.45, 7) is 6.99. The van der Waals surface area contributed by atoms with Crippen LogP contribution in [0.1, 0.15) is 39.5 Å². The van der Waals surface area contributed by atoms with Crippen molar-refractivity contribution >= 4 is 5.91 Å². The molecule has 0 atom stereocenters. The number of rotatable bonds is 5. The summed E-state index contributed by atoms with van der Waals surface area (Å²) in [6, 6.07) is 0. The van der Waals surface area contributed by atoms with Crippen LogP contribution in [0.2, 0.25) is 0 Å². The summed E-state index contributed by atoms with van der Waals surface area (Å²) < 4.78 is 0. The second-order valence-corrected chi connectivity index (χ2v) is 5.32. The molecule has 0 radical (unpaired) electrons. The van der Waals surface area contributed by atoms with Crippen molar-refractivity contribution in [3.8, 4) is 0 Å². The van der Waals surface area contributed by atoms with Crippen LogP contribution in [0.4, 0.5) is 0 Å². The summed E-state index contributed by atoms with van der Waals surface area (Å²) in [5.41, 5.74) is 5.38. The van der Waals surface area contributed by atoms with Gasteiger partial charge < -0.3 is 16.0 Å². The number of likely N-dealkylation sites (tertiary alicyclic amines) is 1. The van der Waals surface area contributed by atoms with Gasteiger partial charge in [-0.15, -0.1) is 0 Å². The molecule has 1 amide bonds. The molecule has 1 heterocycles. The van der Waals surface area contributed by atoms with E-state index in [0.717, 1.165) is 19.6 Å². The monoisotopic (exact) mass is 241 g/mol. The topological polar surface area (TPSA) is 58.4 Å². The highest BCUT2D eigenvalue weighted by molar-refractivity contribution is 5.85. The third-order valence-corrected chi connectivity index (χ3v) is 4.10. The number of amides is 1. The Labute approximate surface area is 105 Å². The molecular formula is C13H27N3O. The number of piperidine rings is 1. The first-order valence-corrected chi connectivity index (χ1v) is 6.77. The molecule has 1 fully saturated rings. The molecule has 0 unspecified atom stereocenters. The third kappa shape index (κ3) is 3.96. The van der Waals surface area contributed by atoms with Crippen LogP contribution in [0, 0.1) is 5.92 Å². The lowest BCUT2D eigenvalue weighted by Crippen LogP contribution is -2.54. The molecule has 1 rings (SSSR count). The maximum absolute atomic E-state index is 12.0. The Morgan fingerprint density at radius 2 is 1.88 bits per heavy atom. The molecule has 17 heavy (non-hydrogen) atoms. The lowest BCUT2D eigenvalue weighted by atomic mass is 9.92. The maximum atomic E-state index is 12.0.